The van der Waals surface area contributed by atoms with Crippen molar-refractivity contribution >= 4 is 18.0 Å². The largest absolute Gasteiger partial charge is 0.323 e. The summed E-state index contributed by atoms with van der Waals surface area (Å²) in [6.45, 7) is 0.599. The van der Waals surface area contributed by atoms with Crippen LogP contribution in [0.15, 0.2) is 42.5 Å². The second-order valence-electron chi connectivity index (χ2n) is 4.90. The predicted octanol–water partition coefficient (Wildman–Crippen LogP) is 3.14. The van der Waals surface area contributed by atoms with Crippen molar-refractivity contribution in [3.05, 3.63) is 53.6 Å². The van der Waals surface area contributed by atoms with Crippen LogP contribution < -0.4 is 5.32 Å². The van der Waals surface area contributed by atoms with E-state index in [4.69, 9.17) is 0 Å². The Hall–Kier alpha value is -2.62. The third kappa shape index (κ3) is 2.16. The molecule has 2 aromatic carbocycles. The highest BCUT2D eigenvalue weighted by molar-refractivity contribution is 5.92. The Labute approximate surface area is 117 Å². The van der Waals surface area contributed by atoms with E-state index >= 15 is 0 Å². The van der Waals surface area contributed by atoms with Gasteiger partial charge in [0.05, 0.1) is 0 Å². The van der Waals surface area contributed by atoms with Gasteiger partial charge in [0, 0.05) is 24.8 Å². The number of carbonyl (C=O) groups excluding carboxylic acids is 2. The van der Waals surface area contributed by atoms with Crippen molar-refractivity contribution < 1.29 is 9.59 Å². The van der Waals surface area contributed by atoms with Gasteiger partial charge in [-0.2, -0.15) is 0 Å². The topological polar surface area (TPSA) is 49.4 Å². The van der Waals surface area contributed by atoms with Crippen molar-refractivity contribution in [1.82, 2.24) is 4.90 Å². The highest BCUT2D eigenvalue weighted by Crippen LogP contribution is 2.28. The molecule has 0 aliphatic carbocycles. The molecule has 1 heterocycles. The third-order valence-corrected chi connectivity index (χ3v) is 3.48. The number of amides is 2. The van der Waals surface area contributed by atoms with Gasteiger partial charge in [-0.15, -0.1) is 0 Å². The molecule has 4 nitrogen and oxygen atoms in total. The Kier molecular flexibility index (Phi) is 2.99. The van der Waals surface area contributed by atoms with E-state index in [0.717, 1.165) is 28.7 Å². The fourth-order valence-electron chi connectivity index (χ4n) is 2.32. The second kappa shape index (κ2) is 4.81. The van der Waals surface area contributed by atoms with Crippen molar-refractivity contribution in [2.45, 2.75) is 6.54 Å². The van der Waals surface area contributed by atoms with Crippen molar-refractivity contribution in [2.75, 3.05) is 12.4 Å². The first kappa shape index (κ1) is 12.4. The summed E-state index contributed by atoms with van der Waals surface area (Å²) in [6.07, 6.45) is 0.834. The van der Waals surface area contributed by atoms with Crippen LogP contribution in [0.4, 0.5) is 10.5 Å². The Balaban J connectivity index is 1.97. The molecule has 0 unspecified atom stereocenters. The van der Waals surface area contributed by atoms with Gasteiger partial charge in [0.1, 0.15) is 6.29 Å². The smallest absolute Gasteiger partial charge is 0.321 e. The van der Waals surface area contributed by atoms with Crippen LogP contribution in [0, 0.1) is 0 Å². The van der Waals surface area contributed by atoms with Crippen LogP contribution in [0.5, 0.6) is 0 Å². The first-order valence-corrected chi connectivity index (χ1v) is 6.38. The molecule has 20 heavy (non-hydrogen) atoms. The highest BCUT2D eigenvalue weighted by Gasteiger charge is 2.19. The van der Waals surface area contributed by atoms with E-state index in [9.17, 15) is 9.59 Å². The number of fused-ring (bicyclic) bond motifs is 1. The zero-order chi connectivity index (χ0) is 14.1. The van der Waals surface area contributed by atoms with Crippen LogP contribution in [0.3, 0.4) is 0 Å². The minimum atomic E-state index is -0.0828. The fraction of sp³-hybridized carbons (Fsp3) is 0.125. The van der Waals surface area contributed by atoms with Crippen LogP contribution >= 0.6 is 0 Å². The molecule has 2 aromatic rings. The van der Waals surface area contributed by atoms with E-state index < -0.39 is 0 Å². The number of urea groups is 1. The van der Waals surface area contributed by atoms with Gasteiger partial charge in [-0.25, -0.2) is 4.79 Å². The highest BCUT2D eigenvalue weighted by atomic mass is 16.2. The quantitative estimate of drug-likeness (QED) is 0.849. The number of nitrogens with one attached hydrogen (secondary N) is 1. The van der Waals surface area contributed by atoms with E-state index in [0.29, 0.717) is 12.1 Å². The fourth-order valence-corrected chi connectivity index (χ4v) is 2.32. The number of anilines is 1. The van der Waals surface area contributed by atoms with Crippen LogP contribution in [0.2, 0.25) is 0 Å². The zero-order valence-electron chi connectivity index (χ0n) is 11.1. The van der Waals surface area contributed by atoms with Crippen molar-refractivity contribution in [2.24, 2.45) is 0 Å². The molecule has 1 aliphatic heterocycles. The average Bonchev–Trinajstić information content (AvgIpc) is 2.48. The molecule has 0 spiro atoms. The van der Waals surface area contributed by atoms with E-state index in [2.05, 4.69) is 11.4 Å². The summed E-state index contributed by atoms with van der Waals surface area (Å²) in [5.74, 6) is 0. The molecule has 4 heteroatoms. The van der Waals surface area contributed by atoms with Gasteiger partial charge in [-0.3, -0.25) is 4.79 Å². The monoisotopic (exact) mass is 266 g/mol. The number of benzene rings is 2. The lowest BCUT2D eigenvalue weighted by Gasteiger charge is -2.26. The Morgan fingerprint density at radius 1 is 1.10 bits per heavy atom. The first-order valence-electron chi connectivity index (χ1n) is 6.38. The van der Waals surface area contributed by atoms with E-state index in [1.54, 1.807) is 24.1 Å². The third-order valence-electron chi connectivity index (χ3n) is 3.48. The van der Waals surface area contributed by atoms with Gasteiger partial charge in [0.25, 0.3) is 0 Å². The molecule has 0 saturated carbocycles. The predicted molar refractivity (Wildman–Crippen MR) is 77.8 cm³/mol. The van der Waals surface area contributed by atoms with E-state index in [1.807, 2.05) is 24.3 Å². The number of carbonyl (C=O) groups is 2. The van der Waals surface area contributed by atoms with Crippen LogP contribution in [0.25, 0.3) is 11.1 Å². The van der Waals surface area contributed by atoms with Gasteiger partial charge in [0.2, 0.25) is 0 Å². The molecule has 2 amide bonds. The normalized spacial score (nSPS) is 13.7. The number of hydrogen-bond acceptors (Lipinski definition) is 2. The van der Waals surface area contributed by atoms with Gasteiger partial charge >= 0.3 is 6.03 Å². The summed E-state index contributed by atoms with van der Waals surface area (Å²) in [6, 6.07) is 13.3. The SMILES string of the molecule is CN1Cc2cc(-c3ccc(C=O)cc3)ccc2NC1=O. The van der Waals surface area contributed by atoms with Crippen LogP contribution in [-0.4, -0.2) is 24.3 Å². The number of rotatable bonds is 2. The lowest BCUT2D eigenvalue weighted by Crippen LogP contribution is -2.35. The molecule has 0 atom stereocenters. The minimum Gasteiger partial charge on any atom is -0.323 e. The Morgan fingerprint density at radius 3 is 2.50 bits per heavy atom. The molecular weight excluding hydrogens is 252 g/mol. The number of hydrogen-bond donors (Lipinski definition) is 1. The first-order chi connectivity index (χ1) is 9.67. The standard InChI is InChI=1S/C16H14N2O2/c1-18-9-14-8-13(6-7-15(14)17-16(18)20)12-4-2-11(10-19)3-5-12/h2-8,10H,9H2,1H3,(H,17,20). The molecule has 3 rings (SSSR count). The maximum Gasteiger partial charge on any atom is 0.321 e. The maximum atomic E-state index is 11.6. The summed E-state index contributed by atoms with van der Waals surface area (Å²) >= 11 is 0. The molecule has 1 N–H and O–H groups in total. The molecule has 100 valence electrons. The molecule has 0 saturated heterocycles. The van der Waals surface area contributed by atoms with Gasteiger partial charge in [-0.05, 0) is 28.8 Å². The minimum absolute atomic E-state index is 0.0828. The average molecular weight is 266 g/mol. The number of aldehydes is 1. The summed E-state index contributed by atoms with van der Waals surface area (Å²) in [5.41, 5.74) is 4.74. The summed E-state index contributed by atoms with van der Waals surface area (Å²) in [7, 11) is 1.77. The van der Waals surface area contributed by atoms with E-state index in [1.165, 1.54) is 0 Å². The van der Waals surface area contributed by atoms with Crippen molar-refractivity contribution in [3.63, 3.8) is 0 Å². The number of nitrogens with zero attached hydrogens (tertiary/aromatic N) is 1. The molecule has 0 aromatic heterocycles. The molecule has 1 aliphatic rings. The van der Waals surface area contributed by atoms with Crippen LogP contribution in [0.1, 0.15) is 15.9 Å². The lowest BCUT2D eigenvalue weighted by atomic mass is 10.00. The van der Waals surface area contributed by atoms with Gasteiger partial charge < -0.3 is 10.2 Å². The summed E-state index contributed by atoms with van der Waals surface area (Å²) in [5, 5.41) is 2.85. The molecule has 0 radical (unpaired) electrons. The maximum absolute atomic E-state index is 11.6. The van der Waals surface area contributed by atoms with Gasteiger partial charge in [-0.1, -0.05) is 30.3 Å². The van der Waals surface area contributed by atoms with Crippen molar-refractivity contribution in [1.29, 1.82) is 0 Å². The van der Waals surface area contributed by atoms with Crippen molar-refractivity contribution in [3.8, 4) is 11.1 Å². The Morgan fingerprint density at radius 2 is 1.80 bits per heavy atom. The summed E-state index contributed by atoms with van der Waals surface area (Å²) < 4.78 is 0. The molecular formula is C16H14N2O2. The summed E-state index contributed by atoms with van der Waals surface area (Å²) in [4.78, 5) is 23.9. The lowest BCUT2D eigenvalue weighted by molar-refractivity contribution is 0.112. The second-order valence-corrected chi connectivity index (χ2v) is 4.90. The zero-order valence-corrected chi connectivity index (χ0v) is 11.1. The van der Waals surface area contributed by atoms with Gasteiger partial charge in [0.15, 0.2) is 0 Å². The molecule has 0 fully saturated rings. The van der Waals surface area contributed by atoms with Crippen LogP contribution in [-0.2, 0) is 6.54 Å². The Bertz CT molecular complexity index is 677. The van der Waals surface area contributed by atoms with E-state index in [-0.39, 0.29) is 6.03 Å². The molecule has 0 bridgehead atoms.